The summed E-state index contributed by atoms with van der Waals surface area (Å²) in [5, 5.41) is 0.290. The molecule has 0 saturated carbocycles. The molecular formula is C16H15BrCl2O. The lowest BCUT2D eigenvalue weighted by Crippen LogP contribution is -2.01. The lowest BCUT2D eigenvalue weighted by atomic mass is 10.0. The van der Waals surface area contributed by atoms with Crippen LogP contribution < -0.4 is 4.74 Å². The molecule has 2 aromatic rings. The van der Waals surface area contributed by atoms with Crippen molar-refractivity contribution in [3.05, 3.63) is 62.6 Å². The molecule has 0 radical (unpaired) electrons. The van der Waals surface area contributed by atoms with Gasteiger partial charge in [-0.2, -0.15) is 0 Å². The second-order valence-electron chi connectivity index (χ2n) is 4.48. The van der Waals surface area contributed by atoms with E-state index in [0.29, 0.717) is 11.6 Å². The predicted octanol–water partition coefficient (Wildman–Crippen LogP) is 6.14. The maximum atomic E-state index is 6.64. The maximum Gasteiger partial charge on any atom is 0.124 e. The van der Waals surface area contributed by atoms with Gasteiger partial charge in [-0.3, -0.25) is 0 Å². The van der Waals surface area contributed by atoms with Crippen molar-refractivity contribution in [1.82, 2.24) is 0 Å². The second kappa shape index (κ2) is 6.84. The molecule has 0 spiro atoms. The zero-order valence-electron chi connectivity index (χ0n) is 11.3. The summed E-state index contributed by atoms with van der Waals surface area (Å²) in [5.74, 6) is 0.800. The number of aryl methyl sites for hydroxylation is 1. The Morgan fingerprint density at radius 2 is 1.95 bits per heavy atom. The summed E-state index contributed by atoms with van der Waals surface area (Å²) in [7, 11) is 0. The molecule has 4 heteroatoms. The number of benzene rings is 2. The van der Waals surface area contributed by atoms with Crippen LogP contribution in [0.3, 0.4) is 0 Å². The smallest absolute Gasteiger partial charge is 0.124 e. The van der Waals surface area contributed by atoms with Crippen molar-refractivity contribution >= 4 is 39.1 Å². The van der Waals surface area contributed by atoms with Gasteiger partial charge in [-0.25, -0.2) is 0 Å². The standard InChI is InChI=1S/C16H15BrCl2O/c1-3-20-14-8-7-10(2)9-12(14)15(18)11-5-4-6-13(17)16(11)19/h4-9,15H,3H2,1-2H3. The first-order chi connectivity index (χ1) is 9.54. The topological polar surface area (TPSA) is 9.23 Å². The summed E-state index contributed by atoms with van der Waals surface area (Å²) in [6.45, 7) is 4.59. The summed E-state index contributed by atoms with van der Waals surface area (Å²) in [4.78, 5) is 0. The van der Waals surface area contributed by atoms with Crippen molar-refractivity contribution in [2.24, 2.45) is 0 Å². The van der Waals surface area contributed by atoms with Gasteiger partial charge in [0, 0.05) is 10.0 Å². The third-order valence-corrected chi connectivity index (χ3v) is 4.77. The lowest BCUT2D eigenvalue weighted by Gasteiger charge is -2.17. The van der Waals surface area contributed by atoms with Crippen LogP contribution in [0.15, 0.2) is 40.9 Å². The highest BCUT2D eigenvalue weighted by Crippen LogP contribution is 2.40. The zero-order chi connectivity index (χ0) is 14.7. The van der Waals surface area contributed by atoms with Gasteiger partial charge < -0.3 is 4.74 Å². The van der Waals surface area contributed by atoms with E-state index < -0.39 is 0 Å². The van der Waals surface area contributed by atoms with E-state index in [4.69, 9.17) is 27.9 Å². The molecule has 0 bridgehead atoms. The Hall–Kier alpha value is -0.700. The van der Waals surface area contributed by atoms with Crippen molar-refractivity contribution in [2.45, 2.75) is 19.2 Å². The van der Waals surface area contributed by atoms with Crippen molar-refractivity contribution in [3.63, 3.8) is 0 Å². The van der Waals surface area contributed by atoms with Crippen LogP contribution in [0.2, 0.25) is 5.02 Å². The summed E-state index contributed by atoms with van der Waals surface area (Å²) >= 11 is 16.4. The van der Waals surface area contributed by atoms with E-state index in [9.17, 15) is 0 Å². The average molecular weight is 374 g/mol. The minimum atomic E-state index is -0.346. The molecule has 2 aromatic carbocycles. The third-order valence-electron chi connectivity index (χ3n) is 2.99. The highest BCUT2D eigenvalue weighted by molar-refractivity contribution is 9.10. The third kappa shape index (κ3) is 3.30. The zero-order valence-corrected chi connectivity index (χ0v) is 14.4. The van der Waals surface area contributed by atoms with Crippen molar-refractivity contribution in [1.29, 1.82) is 0 Å². The summed E-state index contributed by atoms with van der Waals surface area (Å²) < 4.78 is 6.51. The van der Waals surface area contributed by atoms with Gasteiger partial charge in [0.25, 0.3) is 0 Å². The molecule has 0 saturated heterocycles. The Morgan fingerprint density at radius 3 is 2.65 bits per heavy atom. The van der Waals surface area contributed by atoms with Crippen LogP contribution in [0.4, 0.5) is 0 Å². The molecule has 2 rings (SSSR count). The van der Waals surface area contributed by atoms with E-state index in [1.807, 2.05) is 50.2 Å². The van der Waals surface area contributed by atoms with Gasteiger partial charge in [-0.15, -0.1) is 11.6 Å². The number of rotatable bonds is 4. The Balaban J connectivity index is 2.49. The minimum Gasteiger partial charge on any atom is -0.494 e. The molecule has 0 heterocycles. The molecule has 0 aliphatic heterocycles. The van der Waals surface area contributed by atoms with Gasteiger partial charge >= 0.3 is 0 Å². The molecule has 106 valence electrons. The minimum absolute atomic E-state index is 0.346. The van der Waals surface area contributed by atoms with Gasteiger partial charge in [0.1, 0.15) is 5.75 Å². The van der Waals surface area contributed by atoms with Crippen molar-refractivity contribution < 1.29 is 4.74 Å². The molecule has 1 unspecified atom stereocenters. The fraction of sp³-hybridized carbons (Fsp3) is 0.250. The fourth-order valence-corrected chi connectivity index (χ4v) is 3.06. The van der Waals surface area contributed by atoms with E-state index in [1.165, 1.54) is 0 Å². The largest absolute Gasteiger partial charge is 0.494 e. The number of ether oxygens (including phenoxy) is 1. The van der Waals surface area contributed by atoms with Gasteiger partial charge in [-0.1, -0.05) is 41.4 Å². The fourth-order valence-electron chi connectivity index (χ4n) is 2.04. The normalized spacial score (nSPS) is 12.2. The van der Waals surface area contributed by atoms with E-state index in [-0.39, 0.29) is 5.38 Å². The summed E-state index contributed by atoms with van der Waals surface area (Å²) in [6.07, 6.45) is 0. The molecule has 1 nitrogen and oxygen atoms in total. The quantitative estimate of drug-likeness (QED) is 0.585. The monoisotopic (exact) mass is 372 g/mol. The first kappa shape index (κ1) is 15.7. The molecule has 0 fully saturated rings. The van der Waals surface area contributed by atoms with Gasteiger partial charge in [-0.05, 0) is 47.5 Å². The SMILES string of the molecule is CCOc1ccc(C)cc1C(Cl)c1cccc(Br)c1Cl. The van der Waals surface area contributed by atoms with Crippen molar-refractivity contribution in [3.8, 4) is 5.75 Å². The first-order valence-corrected chi connectivity index (χ1v) is 7.96. The summed E-state index contributed by atoms with van der Waals surface area (Å²) in [5.41, 5.74) is 2.95. The average Bonchev–Trinajstić information content (AvgIpc) is 2.43. The van der Waals surface area contributed by atoms with E-state index in [2.05, 4.69) is 15.9 Å². The van der Waals surface area contributed by atoms with Gasteiger partial charge in [0.05, 0.1) is 17.0 Å². The van der Waals surface area contributed by atoms with Crippen molar-refractivity contribution in [2.75, 3.05) is 6.61 Å². The highest BCUT2D eigenvalue weighted by atomic mass is 79.9. The molecule has 20 heavy (non-hydrogen) atoms. The summed E-state index contributed by atoms with van der Waals surface area (Å²) in [6, 6.07) is 11.8. The lowest BCUT2D eigenvalue weighted by molar-refractivity contribution is 0.337. The Bertz CT molecular complexity index is 613. The van der Waals surface area contributed by atoms with Crippen LogP contribution in [0, 0.1) is 6.92 Å². The van der Waals surface area contributed by atoms with Crippen LogP contribution in [0.5, 0.6) is 5.75 Å². The van der Waals surface area contributed by atoms with Gasteiger partial charge in [0.2, 0.25) is 0 Å². The maximum absolute atomic E-state index is 6.64. The Kier molecular flexibility index (Phi) is 5.36. The Morgan fingerprint density at radius 1 is 1.20 bits per heavy atom. The van der Waals surface area contributed by atoms with Gasteiger partial charge in [0.15, 0.2) is 0 Å². The van der Waals surface area contributed by atoms with Crippen LogP contribution in [0.25, 0.3) is 0 Å². The second-order valence-corrected chi connectivity index (χ2v) is 6.15. The van der Waals surface area contributed by atoms with Crippen LogP contribution in [-0.4, -0.2) is 6.61 Å². The number of hydrogen-bond acceptors (Lipinski definition) is 1. The number of alkyl halides is 1. The van der Waals surface area contributed by atoms with E-state index >= 15 is 0 Å². The van der Waals surface area contributed by atoms with E-state index in [0.717, 1.165) is 26.9 Å². The van der Waals surface area contributed by atoms with E-state index in [1.54, 1.807) is 0 Å². The predicted molar refractivity (Wildman–Crippen MR) is 89.2 cm³/mol. The first-order valence-electron chi connectivity index (χ1n) is 6.36. The van der Waals surface area contributed by atoms with Crippen LogP contribution in [0.1, 0.15) is 29.0 Å². The molecular weight excluding hydrogens is 359 g/mol. The molecule has 0 aliphatic rings. The van der Waals surface area contributed by atoms with Crippen LogP contribution in [-0.2, 0) is 0 Å². The molecule has 0 N–H and O–H groups in total. The highest BCUT2D eigenvalue weighted by Gasteiger charge is 2.19. The number of halogens is 3. The molecule has 0 aliphatic carbocycles. The molecule has 0 aromatic heterocycles. The molecule has 0 amide bonds. The Labute approximate surface area is 138 Å². The molecule has 1 atom stereocenters. The van der Waals surface area contributed by atoms with Crippen LogP contribution >= 0.6 is 39.1 Å². The number of hydrogen-bond donors (Lipinski definition) is 0.